The van der Waals surface area contributed by atoms with E-state index in [2.05, 4.69) is 137 Å². The average Bonchev–Trinajstić information content (AvgIpc) is 0.723. The smallest absolute Gasteiger partial charge is 0.408 e. The Balaban J connectivity index is 0.678. The van der Waals surface area contributed by atoms with E-state index >= 15 is 4.79 Å². The van der Waals surface area contributed by atoms with E-state index in [1.165, 1.54) is 56.1 Å². The van der Waals surface area contributed by atoms with Gasteiger partial charge < -0.3 is 87.5 Å². The molecule has 2 fully saturated rings. The Morgan fingerprint density at radius 3 is 1.91 bits per heavy atom. The Bertz CT molecular complexity index is 4280. The second-order valence-electron chi connectivity index (χ2n) is 37.7. The first-order valence-electron chi connectivity index (χ1n) is 47.9. The van der Waals surface area contributed by atoms with Gasteiger partial charge >= 0.3 is 12.1 Å². The van der Waals surface area contributed by atoms with E-state index in [1.807, 2.05) is 23.7 Å². The highest BCUT2D eigenvalue weighted by atomic mass is 16.6. The molecule has 0 saturated heterocycles. The van der Waals surface area contributed by atoms with E-state index in [1.54, 1.807) is 44.2 Å². The van der Waals surface area contributed by atoms with Crippen molar-refractivity contribution >= 4 is 64.8 Å². The largest absolute Gasteiger partial charge is 0.490 e. The van der Waals surface area contributed by atoms with Gasteiger partial charge in [-0.3, -0.25) is 38.9 Å². The molecule has 0 radical (unpaired) electrons. The number of aliphatic hydroxyl groups is 1. The molecular formula is C98H152N14O16. The molecule has 0 spiro atoms. The van der Waals surface area contributed by atoms with Gasteiger partial charge in [0.15, 0.2) is 0 Å². The predicted molar refractivity (Wildman–Crippen MR) is 494 cm³/mol. The number of alkyl carbamates (subject to hydrolysis) is 1. The summed E-state index contributed by atoms with van der Waals surface area (Å²) < 4.78 is 37.3. The lowest BCUT2D eigenvalue weighted by molar-refractivity contribution is -0.150. The van der Waals surface area contributed by atoms with Crippen molar-refractivity contribution in [1.82, 2.24) is 52.2 Å². The van der Waals surface area contributed by atoms with Crippen molar-refractivity contribution in [2.45, 2.75) is 322 Å². The number of primary amides is 1. The zero-order valence-electron chi connectivity index (χ0n) is 78.2. The van der Waals surface area contributed by atoms with Crippen molar-refractivity contribution in [3.8, 4) is 5.75 Å². The molecule has 2 saturated carbocycles. The van der Waals surface area contributed by atoms with Gasteiger partial charge in [0, 0.05) is 36.5 Å². The molecule has 128 heavy (non-hydrogen) atoms. The van der Waals surface area contributed by atoms with Crippen LogP contribution in [0.1, 0.15) is 288 Å². The van der Waals surface area contributed by atoms with E-state index in [0.29, 0.717) is 115 Å². The lowest BCUT2D eigenvalue weighted by Gasteiger charge is -2.56. The maximum Gasteiger partial charge on any atom is 0.408 e. The molecule has 14 N–H and O–H groups in total. The number of ether oxygens (including phenoxy) is 6. The van der Waals surface area contributed by atoms with Gasteiger partial charge in [-0.25, -0.2) is 14.3 Å². The molecule has 10 amide bonds. The molecule has 5 aliphatic carbocycles. The van der Waals surface area contributed by atoms with Crippen molar-refractivity contribution in [2.24, 2.45) is 40.1 Å². The summed E-state index contributed by atoms with van der Waals surface area (Å²) in [6.07, 6.45) is 28.5. The number of hydrogen-bond acceptors (Lipinski definition) is 20. The fourth-order valence-corrected chi connectivity index (χ4v) is 20.3. The van der Waals surface area contributed by atoms with Gasteiger partial charge in [-0.2, -0.15) is 0 Å². The van der Waals surface area contributed by atoms with Crippen LogP contribution in [0.2, 0.25) is 0 Å². The van der Waals surface area contributed by atoms with Crippen molar-refractivity contribution < 1.29 is 76.7 Å². The summed E-state index contributed by atoms with van der Waals surface area (Å²) in [4.78, 5) is 124. The Morgan fingerprint density at radius 1 is 0.609 bits per heavy atom. The monoisotopic (exact) mass is 1780 g/mol. The topological polar surface area (TPSA) is 420 Å². The van der Waals surface area contributed by atoms with Crippen LogP contribution in [-0.4, -0.2) is 182 Å². The zero-order chi connectivity index (χ0) is 92.3. The lowest BCUT2D eigenvalue weighted by Crippen LogP contribution is -2.60. The molecule has 30 nitrogen and oxygen atoms in total. The molecule has 9 rings (SSSR count). The van der Waals surface area contributed by atoms with Crippen LogP contribution in [0.4, 0.5) is 21.0 Å². The van der Waals surface area contributed by atoms with E-state index in [0.717, 1.165) is 125 Å². The summed E-state index contributed by atoms with van der Waals surface area (Å²) in [6, 6.07) is 13.1. The van der Waals surface area contributed by atoms with E-state index in [9.17, 15) is 43.5 Å². The Kier molecular flexibility index (Phi) is 41.0. The third-order valence-electron chi connectivity index (χ3n) is 27.6. The second kappa shape index (κ2) is 51.0. The number of hydrogen-bond donors (Lipinski definition) is 12. The number of nitrogens with one attached hydrogen (secondary N) is 9. The maximum absolute atomic E-state index is 15.0. The van der Waals surface area contributed by atoms with Crippen LogP contribution in [0.25, 0.3) is 0 Å². The minimum atomic E-state index is -1.40. The number of nitrogens with zero attached hydrogens (tertiary/aromatic N) is 3. The van der Waals surface area contributed by atoms with Gasteiger partial charge in [0.1, 0.15) is 55.5 Å². The minimum absolute atomic E-state index is 0.0186. The van der Waals surface area contributed by atoms with Crippen molar-refractivity contribution in [1.29, 1.82) is 0 Å². The summed E-state index contributed by atoms with van der Waals surface area (Å²) in [5, 5.41) is 45.3. The number of anilines is 2. The first kappa shape index (κ1) is 103. The zero-order valence-corrected chi connectivity index (χ0v) is 78.2. The molecule has 710 valence electrons. The van der Waals surface area contributed by atoms with Crippen LogP contribution < -0.4 is 64.1 Å². The fraction of sp³-hybridized carbons (Fsp3) is 0.684. The first-order valence-corrected chi connectivity index (χ1v) is 47.9. The SMILES string of the molecule is CCCCC/C=C\COc1ccc2c(c1)[C@@]1(C)CCC[C@](C)(C(=O)NC(=O)[C@@]3(C)CCC[C@]4(C)c5cc(NC(=O)[C@H](CO)NC(=O)OCc6ccc(NC(=O)[C@H](CCCNC(N)=O)NC(=O)[C@@H](NC(=O)[C@H](N)CCCCNC(=O)COC7CCCCCc8c7nnn8CCOCCOCCOCCNC(C)(CCC)CCCCC)C(C)C)cc6)ccc5CC[C@@H]34)[C@@H]1CC2. The number of aryl methyl sites for hydroxylation is 2. The highest BCUT2D eigenvalue weighted by molar-refractivity contribution is 6.01. The summed E-state index contributed by atoms with van der Waals surface area (Å²) in [6.45, 7) is 25.1. The van der Waals surface area contributed by atoms with Crippen LogP contribution in [-0.2, 0) is 100 Å². The van der Waals surface area contributed by atoms with Crippen LogP contribution in [0.15, 0.2) is 72.8 Å². The van der Waals surface area contributed by atoms with Gasteiger partial charge in [0.05, 0.1) is 75.4 Å². The van der Waals surface area contributed by atoms with Crippen molar-refractivity contribution in [3.05, 3.63) is 112 Å². The van der Waals surface area contributed by atoms with Crippen molar-refractivity contribution in [3.63, 3.8) is 0 Å². The second-order valence-corrected chi connectivity index (χ2v) is 37.7. The number of allylic oxidation sites excluding steroid dienone is 1. The molecule has 12 atom stereocenters. The van der Waals surface area contributed by atoms with Gasteiger partial charge in [0.25, 0.3) is 0 Å². The van der Waals surface area contributed by atoms with E-state index in [-0.39, 0.29) is 79.5 Å². The lowest BCUT2D eigenvalue weighted by atomic mass is 9.49. The number of rotatable bonds is 53. The number of nitrogens with two attached hydrogens (primary N) is 2. The van der Waals surface area contributed by atoms with E-state index in [4.69, 9.17) is 39.9 Å². The number of urea groups is 1. The van der Waals surface area contributed by atoms with Crippen LogP contribution >= 0.6 is 0 Å². The van der Waals surface area contributed by atoms with Crippen LogP contribution in [0, 0.1) is 28.6 Å². The Morgan fingerprint density at radius 2 is 1.24 bits per heavy atom. The highest BCUT2D eigenvalue weighted by Gasteiger charge is 2.59. The number of imide groups is 1. The molecule has 1 aromatic heterocycles. The standard InChI is InChI=1S/C98H152N14O16/c1-11-14-16-17-18-25-55-126-73-42-36-70-38-44-82-96(8,75(70)63-73)48-28-50-98(82,10)91(120)109-90(119)97(9)49-27-47-95(7)74-62-72(41-35-69(74)37-43-81(95)97)105-88(117)78(64-113)107-93(122)128-65-68-33-39-71(40-34-68)104-87(116)77(30-26-52-102-92(100)121)106-89(118)84(67(4)5)108-86(115)76(99)29-22-24-51-101-83(114)66-127-80-32-21-19-20-31-79-85(80)110-111-112(79)54-57-124-59-61-125-60-58-123-56-53-103-94(6,45-13-3)46-23-15-12-2/h18,25,33-36,39-42,62-63,67,76-78,80-82,84,103,113H,11-17,19-24,26-32,37-38,43-61,64-66,99H2,1-10H3,(H,101,114)(H,104,116)(H,105,117)(H,106,118)(H,107,122)(H,108,115)(H3,100,102,121)(H,109,119,120)/b25-18-/t76-,77+,78+,80?,81-,82-,84+,94?,95-,96-,97+,98+/m1/s1. The highest BCUT2D eigenvalue weighted by Crippen LogP contribution is 2.60. The molecule has 4 aromatic rings. The molecule has 0 bridgehead atoms. The maximum atomic E-state index is 15.0. The number of benzene rings is 3. The molecule has 2 unspecified atom stereocenters. The molecule has 30 heteroatoms. The third kappa shape index (κ3) is 29.3. The van der Waals surface area contributed by atoms with Crippen LogP contribution in [0.5, 0.6) is 5.75 Å². The number of aromatic nitrogens is 3. The van der Waals surface area contributed by atoms with Gasteiger partial charge in [-0.15, -0.1) is 5.10 Å². The molecule has 1 heterocycles. The minimum Gasteiger partial charge on any atom is -0.490 e. The molecule has 3 aromatic carbocycles. The summed E-state index contributed by atoms with van der Waals surface area (Å²) in [5.41, 5.74) is 17.1. The summed E-state index contributed by atoms with van der Waals surface area (Å²) in [7, 11) is 0. The molecule has 5 aliphatic rings. The quantitative estimate of drug-likeness (QED) is 0.0111. The summed E-state index contributed by atoms with van der Waals surface area (Å²) >= 11 is 0. The number of carbonyl (C=O) groups excluding carboxylic acids is 9. The number of amides is 10. The molecular weight excluding hydrogens is 1630 g/mol. The number of fused-ring (bicyclic) bond motifs is 7. The number of aliphatic hydroxyl groups excluding tert-OH is 1. The predicted octanol–water partition coefficient (Wildman–Crippen LogP) is 12.7. The first-order chi connectivity index (χ1) is 61.5. The summed E-state index contributed by atoms with van der Waals surface area (Å²) in [5.74, 6) is -2.96. The normalized spacial score (nSPS) is 22.1. The third-order valence-corrected chi connectivity index (χ3v) is 27.6. The van der Waals surface area contributed by atoms with E-state index < -0.39 is 94.8 Å². The Hall–Kier alpha value is -8.91. The number of carbonyl (C=O) groups is 9. The average molecular weight is 1780 g/mol. The van der Waals surface area contributed by atoms with Crippen molar-refractivity contribution in [2.75, 3.05) is 89.7 Å². The fourth-order valence-electron chi connectivity index (χ4n) is 20.3. The Labute approximate surface area is 759 Å². The van der Waals surface area contributed by atoms with Gasteiger partial charge in [-0.05, 0) is 228 Å². The number of unbranched alkanes of at least 4 members (excludes halogenated alkanes) is 6. The van der Waals surface area contributed by atoms with Crippen LogP contribution in [0.3, 0.4) is 0 Å². The van der Waals surface area contributed by atoms with Gasteiger partial charge in [0.2, 0.25) is 41.4 Å². The molecule has 0 aliphatic heterocycles. The van der Waals surface area contributed by atoms with Gasteiger partial charge in [-0.1, -0.05) is 168 Å².